The monoisotopic (exact) mass is 383 g/mol. The van der Waals surface area contributed by atoms with E-state index in [0.717, 1.165) is 39.1 Å². The molecule has 3 rings (SSSR count). The molecule has 0 saturated heterocycles. The quantitative estimate of drug-likeness (QED) is 0.667. The molecule has 6 heteroatoms. The molecule has 28 heavy (non-hydrogen) atoms. The van der Waals surface area contributed by atoms with E-state index in [1.165, 1.54) is 0 Å². The second kappa shape index (κ2) is 8.29. The maximum Gasteiger partial charge on any atom is 0.222 e. The van der Waals surface area contributed by atoms with Crippen molar-refractivity contribution in [1.29, 1.82) is 0 Å². The van der Waals surface area contributed by atoms with Gasteiger partial charge in [0.15, 0.2) is 0 Å². The molecule has 0 radical (unpaired) electrons. The van der Waals surface area contributed by atoms with Gasteiger partial charge in [0.05, 0.1) is 48.7 Å². The fourth-order valence-electron chi connectivity index (χ4n) is 3.53. The third-order valence-electron chi connectivity index (χ3n) is 5.06. The molecule has 3 heterocycles. The lowest BCUT2D eigenvalue weighted by atomic mass is 10.0. The van der Waals surface area contributed by atoms with Crippen molar-refractivity contribution in [1.82, 2.24) is 14.5 Å². The van der Waals surface area contributed by atoms with Crippen molar-refractivity contribution in [3.63, 3.8) is 0 Å². The van der Waals surface area contributed by atoms with Gasteiger partial charge in [0.25, 0.3) is 0 Å². The summed E-state index contributed by atoms with van der Waals surface area (Å²) in [6.07, 6.45) is 2.03. The maximum absolute atomic E-state index is 9.77. The molecule has 0 aliphatic rings. The zero-order chi connectivity index (χ0) is 20.4. The van der Waals surface area contributed by atoms with Crippen molar-refractivity contribution in [2.45, 2.75) is 39.7 Å². The Balaban J connectivity index is 2.17. The van der Waals surface area contributed by atoms with Gasteiger partial charge in [0.2, 0.25) is 5.88 Å². The molecule has 1 atom stereocenters. The second-order valence-corrected chi connectivity index (χ2v) is 7.48. The zero-order valence-corrected chi connectivity index (χ0v) is 17.5. The first-order chi connectivity index (χ1) is 13.4. The predicted molar refractivity (Wildman–Crippen MR) is 111 cm³/mol. The highest BCUT2D eigenvalue weighted by Gasteiger charge is 2.19. The number of nitrogens with zero attached hydrogens (tertiary/aromatic N) is 3. The van der Waals surface area contributed by atoms with E-state index in [2.05, 4.69) is 29.5 Å². The van der Waals surface area contributed by atoms with Crippen LogP contribution in [0.4, 0.5) is 0 Å². The number of pyridine rings is 2. The molecular weight excluding hydrogens is 354 g/mol. The Labute approximate surface area is 166 Å². The van der Waals surface area contributed by atoms with Gasteiger partial charge in [-0.3, -0.25) is 0 Å². The van der Waals surface area contributed by atoms with Gasteiger partial charge in [0.1, 0.15) is 0 Å². The van der Waals surface area contributed by atoms with Crippen LogP contribution in [0.5, 0.6) is 5.88 Å². The third-order valence-corrected chi connectivity index (χ3v) is 5.06. The molecule has 0 fully saturated rings. The minimum atomic E-state index is -0.144. The normalized spacial score (nSPS) is 12.7. The van der Waals surface area contributed by atoms with Crippen LogP contribution in [0.3, 0.4) is 0 Å². The number of aromatic nitrogens is 3. The summed E-state index contributed by atoms with van der Waals surface area (Å²) >= 11 is 0. The van der Waals surface area contributed by atoms with E-state index in [0.29, 0.717) is 18.4 Å². The molecule has 3 aromatic heterocycles. The number of ether oxygens (including phenoxy) is 2. The Hall–Kier alpha value is -2.44. The number of rotatable bonds is 7. The molecule has 0 aliphatic carbocycles. The number of hydrogen-bond donors (Lipinski definition) is 1. The molecule has 0 aliphatic heterocycles. The number of fused-ring (bicyclic) bond motifs is 1. The molecule has 0 amide bonds. The van der Waals surface area contributed by atoms with Gasteiger partial charge in [-0.15, -0.1) is 0 Å². The summed E-state index contributed by atoms with van der Waals surface area (Å²) < 4.78 is 12.9. The van der Waals surface area contributed by atoms with E-state index in [1.807, 2.05) is 32.2 Å². The molecule has 6 nitrogen and oxygen atoms in total. The van der Waals surface area contributed by atoms with Crippen LogP contribution in [0.25, 0.3) is 22.3 Å². The van der Waals surface area contributed by atoms with Gasteiger partial charge >= 0.3 is 0 Å². The van der Waals surface area contributed by atoms with Gasteiger partial charge in [-0.25, -0.2) is 9.97 Å². The fraction of sp³-hybridized carbons (Fsp3) is 0.455. The van der Waals surface area contributed by atoms with Crippen LogP contribution in [0, 0.1) is 13.8 Å². The lowest BCUT2D eigenvalue weighted by molar-refractivity contribution is 0.116. The van der Waals surface area contributed by atoms with Crippen LogP contribution < -0.4 is 4.74 Å². The van der Waals surface area contributed by atoms with Gasteiger partial charge in [-0.1, -0.05) is 13.8 Å². The van der Waals surface area contributed by atoms with Crippen LogP contribution in [-0.2, 0) is 4.74 Å². The van der Waals surface area contributed by atoms with Crippen molar-refractivity contribution in [2.24, 2.45) is 0 Å². The summed E-state index contributed by atoms with van der Waals surface area (Å²) in [5.41, 5.74) is 6.71. The molecule has 150 valence electrons. The van der Waals surface area contributed by atoms with E-state index in [9.17, 15) is 5.11 Å². The van der Waals surface area contributed by atoms with Crippen molar-refractivity contribution in [2.75, 3.05) is 27.4 Å². The number of hydrogen-bond acceptors (Lipinski definition) is 5. The van der Waals surface area contributed by atoms with Gasteiger partial charge in [-0.05, 0) is 49.1 Å². The highest BCUT2D eigenvalue weighted by molar-refractivity contribution is 5.85. The summed E-state index contributed by atoms with van der Waals surface area (Å²) in [5.74, 6) is 0.915. The Morgan fingerprint density at radius 3 is 2.46 bits per heavy atom. The molecule has 0 saturated carbocycles. The van der Waals surface area contributed by atoms with Crippen LogP contribution in [0.15, 0.2) is 24.4 Å². The largest absolute Gasteiger partial charge is 0.480 e. The number of aliphatic hydroxyl groups is 1. The SMILES string of the molecule is COC[C@H](CO)n1cc(C)c2nc(-c3ccc(C(C)C)nc3OC)c(C)cc21. The van der Waals surface area contributed by atoms with E-state index >= 15 is 0 Å². The van der Waals surface area contributed by atoms with Crippen LogP contribution in [0.1, 0.15) is 42.6 Å². The topological polar surface area (TPSA) is 69.4 Å². The maximum atomic E-state index is 9.77. The predicted octanol–water partition coefficient (Wildman–Crippen LogP) is 4.03. The average molecular weight is 383 g/mol. The molecule has 1 N–H and O–H groups in total. The minimum absolute atomic E-state index is 0.00622. The number of aliphatic hydroxyl groups excluding tert-OH is 1. The number of methoxy groups -OCH3 is 2. The molecule has 0 bridgehead atoms. The Morgan fingerprint density at radius 2 is 1.86 bits per heavy atom. The molecule has 0 aromatic carbocycles. The Morgan fingerprint density at radius 1 is 1.11 bits per heavy atom. The Kier molecular flexibility index (Phi) is 6.01. The van der Waals surface area contributed by atoms with Gasteiger partial charge < -0.3 is 19.1 Å². The van der Waals surface area contributed by atoms with Gasteiger partial charge in [-0.2, -0.15) is 0 Å². The lowest BCUT2D eigenvalue weighted by Gasteiger charge is -2.17. The summed E-state index contributed by atoms with van der Waals surface area (Å²) in [4.78, 5) is 9.63. The standard InChI is InChI=1S/C22H29N3O3/c1-13(2)18-8-7-17(22(23-18)28-6)20-14(3)9-19-21(24-20)15(4)10-25(19)16(11-26)12-27-5/h7-10,13,16,26H,11-12H2,1-6H3/t16-/m0/s1. The van der Waals surface area contributed by atoms with Crippen LogP contribution in [0.2, 0.25) is 0 Å². The van der Waals surface area contributed by atoms with E-state index in [-0.39, 0.29) is 12.6 Å². The smallest absolute Gasteiger partial charge is 0.222 e. The van der Waals surface area contributed by atoms with Crippen molar-refractivity contribution >= 4 is 11.0 Å². The van der Waals surface area contributed by atoms with E-state index < -0.39 is 0 Å². The molecule has 0 spiro atoms. The first-order valence-corrected chi connectivity index (χ1v) is 9.55. The zero-order valence-electron chi connectivity index (χ0n) is 17.5. The minimum Gasteiger partial charge on any atom is -0.480 e. The second-order valence-electron chi connectivity index (χ2n) is 7.48. The Bertz CT molecular complexity index is 979. The van der Waals surface area contributed by atoms with Crippen molar-refractivity contribution in [3.05, 3.63) is 41.2 Å². The summed E-state index contributed by atoms with van der Waals surface area (Å²) in [7, 11) is 3.28. The van der Waals surface area contributed by atoms with Crippen molar-refractivity contribution < 1.29 is 14.6 Å². The van der Waals surface area contributed by atoms with Gasteiger partial charge in [0, 0.05) is 19.0 Å². The first-order valence-electron chi connectivity index (χ1n) is 9.55. The first kappa shape index (κ1) is 20.3. The third kappa shape index (κ3) is 3.62. The number of aryl methyl sites for hydroxylation is 2. The van der Waals surface area contributed by atoms with E-state index in [4.69, 9.17) is 14.5 Å². The van der Waals surface area contributed by atoms with E-state index in [1.54, 1.807) is 14.2 Å². The summed E-state index contributed by atoms with van der Waals surface area (Å²) in [6, 6.07) is 6.04. The summed E-state index contributed by atoms with van der Waals surface area (Å²) in [6.45, 7) is 8.74. The molecule has 3 aromatic rings. The highest BCUT2D eigenvalue weighted by Crippen LogP contribution is 2.34. The lowest BCUT2D eigenvalue weighted by Crippen LogP contribution is -2.17. The molecular formula is C22H29N3O3. The fourth-order valence-corrected chi connectivity index (χ4v) is 3.53. The summed E-state index contributed by atoms with van der Waals surface area (Å²) in [5, 5.41) is 9.77. The van der Waals surface area contributed by atoms with Crippen molar-refractivity contribution in [3.8, 4) is 17.1 Å². The molecule has 0 unspecified atom stereocenters. The van der Waals surface area contributed by atoms with Crippen LogP contribution in [-0.4, -0.2) is 47.1 Å². The van der Waals surface area contributed by atoms with Crippen LogP contribution >= 0.6 is 0 Å². The highest BCUT2D eigenvalue weighted by atomic mass is 16.5. The average Bonchev–Trinajstić information content (AvgIpc) is 3.00.